The van der Waals surface area contributed by atoms with Crippen LogP contribution in [0.15, 0.2) is 0 Å². The lowest BCUT2D eigenvalue weighted by atomic mass is 10.2. The molecule has 0 saturated carbocycles. The normalized spacial score (nSPS) is 11.9. The van der Waals surface area contributed by atoms with Crippen LogP contribution in [0.2, 0.25) is 0 Å². The van der Waals surface area contributed by atoms with E-state index in [1.807, 2.05) is 0 Å². The largest absolute Gasteiger partial charge is 0.471 e. The van der Waals surface area contributed by atoms with E-state index in [0.717, 1.165) is 0 Å². The summed E-state index contributed by atoms with van der Waals surface area (Å²) in [5, 5.41) is 4.31. The van der Waals surface area contributed by atoms with Crippen molar-refractivity contribution in [2.24, 2.45) is 0 Å². The van der Waals surface area contributed by atoms with Crippen molar-refractivity contribution in [2.45, 2.75) is 51.8 Å². The number of carbonyl (C=O) groups excluding carboxylic acids is 2. The molecule has 0 aliphatic heterocycles. The van der Waals surface area contributed by atoms with Gasteiger partial charge in [0.15, 0.2) is 0 Å². The quantitative estimate of drug-likeness (QED) is 0.740. The predicted octanol–water partition coefficient (Wildman–Crippen LogP) is 2.36. The summed E-state index contributed by atoms with van der Waals surface area (Å²) in [5.41, 5.74) is -0.564. The fourth-order valence-electron chi connectivity index (χ4n) is 1.23. The molecule has 5 nitrogen and oxygen atoms in total. The van der Waals surface area contributed by atoms with Crippen molar-refractivity contribution in [3.05, 3.63) is 0 Å². The van der Waals surface area contributed by atoms with E-state index in [0.29, 0.717) is 25.8 Å². The Labute approximate surface area is 116 Å². The predicted molar refractivity (Wildman–Crippen MR) is 67.2 cm³/mol. The van der Waals surface area contributed by atoms with Crippen molar-refractivity contribution in [1.29, 1.82) is 0 Å². The fourth-order valence-corrected chi connectivity index (χ4v) is 1.23. The van der Waals surface area contributed by atoms with Gasteiger partial charge in [-0.3, -0.25) is 4.79 Å². The number of amides is 2. The molecule has 8 heteroatoms. The molecule has 0 rings (SSSR count). The third kappa shape index (κ3) is 10.5. The van der Waals surface area contributed by atoms with Crippen LogP contribution in [-0.4, -0.2) is 36.9 Å². The molecule has 0 aromatic carbocycles. The molecule has 0 aromatic rings. The molecule has 2 N–H and O–H groups in total. The topological polar surface area (TPSA) is 67.4 Å². The van der Waals surface area contributed by atoms with E-state index >= 15 is 0 Å². The van der Waals surface area contributed by atoms with Crippen LogP contribution in [0.1, 0.15) is 40.0 Å². The Hall–Kier alpha value is -1.47. The molecule has 0 aliphatic carbocycles. The first-order valence-electron chi connectivity index (χ1n) is 6.34. The second-order valence-electron chi connectivity index (χ2n) is 5.24. The Bertz CT molecular complexity index is 325. The van der Waals surface area contributed by atoms with E-state index in [2.05, 4.69) is 5.32 Å². The summed E-state index contributed by atoms with van der Waals surface area (Å²) in [6, 6.07) is 0. The zero-order valence-electron chi connectivity index (χ0n) is 11.9. The van der Waals surface area contributed by atoms with Gasteiger partial charge in [-0.25, -0.2) is 4.79 Å². The Balaban J connectivity index is 3.51. The van der Waals surface area contributed by atoms with Crippen molar-refractivity contribution in [2.75, 3.05) is 13.1 Å². The van der Waals surface area contributed by atoms with Crippen LogP contribution in [0.5, 0.6) is 0 Å². The van der Waals surface area contributed by atoms with Gasteiger partial charge in [-0.15, -0.1) is 0 Å². The summed E-state index contributed by atoms with van der Waals surface area (Å²) in [7, 11) is 0. The van der Waals surface area contributed by atoms with Gasteiger partial charge in [-0.05, 0) is 40.0 Å². The lowest BCUT2D eigenvalue weighted by molar-refractivity contribution is -0.173. The molecule has 0 heterocycles. The maximum absolute atomic E-state index is 11.8. The monoisotopic (exact) mass is 298 g/mol. The van der Waals surface area contributed by atoms with Crippen LogP contribution < -0.4 is 10.6 Å². The van der Waals surface area contributed by atoms with Crippen LogP contribution >= 0.6 is 0 Å². The van der Waals surface area contributed by atoms with E-state index in [1.165, 1.54) is 0 Å². The Morgan fingerprint density at radius 3 is 1.90 bits per heavy atom. The smallest absolute Gasteiger partial charge is 0.444 e. The maximum Gasteiger partial charge on any atom is 0.471 e. The van der Waals surface area contributed by atoms with Gasteiger partial charge in [-0.1, -0.05) is 0 Å². The molecule has 0 radical (unpaired) electrons. The number of alkyl carbamates (subject to hydrolysis) is 1. The first kappa shape index (κ1) is 18.5. The third-order valence-electron chi connectivity index (χ3n) is 2.06. The van der Waals surface area contributed by atoms with Gasteiger partial charge in [0.05, 0.1) is 0 Å². The molecule has 118 valence electrons. The van der Waals surface area contributed by atoms with Gasteiger partial charge < -0.3 is 15.4 Å². The van der Waals surface area contributed by atoms with Crippen molar-refractivity contribution >= 4 is 12.0 Å². The minimum Gasteiger partial charge on any atom is -0.444 e. The lowest BCUT2D eigenvalue weighted by Gasteiger charge is -2.19. The third-order valence-corrected chi connectivity index (χ3v) is 2.06. The molecule has 0 bridgehead atoms. The first-order valence-corrected chi connectivity index (χ1v) is 6.34. The highest BCUT2D eigenvalue weighted by atomic mass is 19.4. The van der Waals surface area contributed by atoms with Gasteiger partial charge in [0.2, 0.25) is 0 Å². The van der Waals surface area contributed by atoms with Crippen LogP contribution in [0, 0.1) is 0 Å². The van der Waals surface area contributed by atoms with Gasteiger partial charge in [0.25, 0.3) is 0 Å². The summed E-state index contributed by atoms with van der Waals surface area (Å²) >= 11 is 0. The van der Waals surface area contributed by atoms with Crippen LogP contribution in [0.4, 0.5) is 18.0 Å². The van der Waals surface area contributed by atoms with Crippen molar-refractivity contribution in [1.82, 2.24) is 10.6 Å². The van der Waals surface area contributed by atoms with E-state index in [4.69, 9.17) is 4.74 Å². The molecular formula is C12H21F3N2O3. The summed E-state index contributed by atoms with van der Waals surface area (Å²) in [6.45, 7) is 5.58. The lowest BCUT2D eigenvalue weighted by Crippen LogP contribution is -2.37. The second-order valence-corrected chi connectivity index (χ2v) is 5.24. The van der Waals surface area contributed by atoms with Crippen LogP contribution in [0.3, 0.4) is 0 Å². The first-order chi connectivity index (χ1) is 9.02. The number of hydrogen-bond donors (Lipinski definition) is 2. The van der Waals surface area contributed by atoms with Crippen LogP contribution in [-0.2, 0) is 9.53 Å². The molecule has 0 spiro atoms. The zero-order chi connectivity index (χ0) is 15.8. The van der Waals surface area contributed by atoms with Gasteiger partial charge in [0.1, 0.15) is 5.60 Å². The highest BCUT2D eigenvalue weighted by Gasteiger charge is 2.38. The van der Waals surface area contributed by atoms with Gasteiger partial charge in [-0.2, -0.15) is 13.2 Å². The Morgan fingerprint density at radius 1 is 0.950 bits per heavy atom. The minimum absolute atomic E-state index is 0.0369. The second kappa shape index (κ2) is 7.96. The molecule has 0 unspecified atom stereocenters. The van der Waals surface area contributed by atoms with E-state index in [9.17, 15) is 22.8 Å². The van der Waals surface area contributed by atoms with Crippen LogP contribution in [0.25, 0.3) is 0 Å². The summed E-state index contributed by atoms with van der Waals surface area (Å²) in [5.74, 6) is -1.93. The number of halogens is 3. The Morgan fingerprint density at radius 2 is 1.45 bits per heavy atom. The zero-order valence-corrected chi connectivity index (χ0v) is 11.9. The van der Waals surface area contributed by atoms with Crippen molar-refractivity contribution in [3.8, 4) is 0 Å². The summed E-state index contributed by atoms with van der Waals surface area (Å²) in [4.78, 5) is 21.7. The standard InChI is InChI=1S/C12H21F3N2O3/c1-11(2,3)20-10(19)17-8-6-4-5-7-16-9(18)12(13,14)15/h4-8H2,1-3H3,(H,16,18)(H,17,19). The highest BCUT2D eigenvalue weighted by Crippen LogP contribution is 2.13. The molecular weight excluding hydrogens is 277 g/mol. The van der Waals surface area contributed by atoms with E-state index in [-0.39, 0.29) is 6.54 Å². The molecule has 0 aromatic heterocycles. The minimum atomic E-state index is -4.84. The van der Waals surface area contributed by atoms with Crippen molar-refractivity contribution in [3.63, 3.8) is 0 Å². The molecule has 0 atom stereocenters. The fraction of sp³-hybridized carbons (Fsp3) is 0.833. The van der Waals surface area contributed by atoms with E-state index < -0.39 is 23.8 Å². The summed E-state index contributed by atoms with van der Waals surface area (Å²) < 4.78 is 40.5. The number of alkyl halides is 3. The number of hydrogen-bond acceptors (Lipinski definition) is 3. The molecule has 0 saturated heterocycles. The average Bonchev–Trinajstić information content (AvgIpc) is 2.23. The molecule has 20 heavy (non-hydrogen) atoms. The SMILES string of the molecule is CC(C)(C)OC(=O)NCCCCCNC(=O)C(F)(F)F. The molecule has 0 fully saturated rings. The molecule has 0 aliphatic rings. The number of rotatable bonds is 6. The maximum atomic E-state index is 11.8. The Kier molecular flexibility index (Phi) is 7.38. The number of carbonyl (C=O) groups is 2. The number of nitrogens with one attached hydrogen (secondary N) is 2. The van der Waals surface area contributed by atoms with Gasteiger partial charge in [0, 0.05) is 13.1 Å². The van der Waals surface area contributed by atoms with E-state index in [1.54, 1.807) is 26.1 Å². The molecule has 2 amide bonds. The number of ether oxygens (including phenoxy) is 1. The number of unbranched alkanes of at least 4 members (excludes halogenated alkanes) is 2. The highest BCUT2D eigenvalue weighted by molar-refractivity contribution is 5.81. The van der Waals surface area contributed by atoms with Crippen molar-refractivity contribution < 1.29 is 27.5 Å². The summed E-state index contributed by atoms with van der Waals surface area (Å²) in [6.07, 6.45) is -3.76. The average molecular weight is 298 g/mol. The van der Waals surface area contributed by atoms with Gasteiger partial charge >= 0.3 is 18.2 Å².